The molecule has 0 bridgehead atoms. The third-order valence-corrected chi connectivity index (χ3v) is 3.84. The zero-order valence-corrected chi connectivity index (χ0v) is 11.8. The van der Waals surface area contributed by atoms with E-state index in [2.05, 4.69) is 10.4 Å². The average molecular weight is 293 g/mol. The molecule has 0 aliphatic rings. The third kappa shape index (κ3) is 3.67. The SMILES string of the molecule is CS(=O)(=O)c1ccccc1NC(=O)CCn1cccn1. The largest absolute Gasteiger partial charge is 0.325 e. The highest BCUT2D eigenvalue weighted by molar-refractivity contribution is 7.90. The molecule has 1 aromatic heterocycles. The summed E-state index contributed by atoms with van der Waals surface area (Å²) in [6.07, 6.45) is 4.73. The van der Waals surface area contributed by atoms with Gasteiger partial charge in [-0.2, -0.15) is 5.10 Å². The van der Waals surface area contributed by atoms with Crippen LogP contribution in [0.5, 0.6) is 0 Å². The number of hydrogen-bond acceptors (Lipinski definition) is 4. The van der Waals surface area contributed by atoms with Gasteiger partial charge < -0.3 is 5.32 Å². The van der Waals surface area contributed by atoms with Gasteiger partial charge in [-0.25, -0.2) is 8.42 Å². The Morgan fingerprint density at radius 1 is 1.30 bits per heavy atom. The normalized spacial score (nSPS) is 11.2. The predicted molar refractivity (Wildman–Crippen MR) is 75.0 cm³/mol. The van der Waals surface area contributed by atoms with Crippen molar-refractivity contribution in [2.24, 2.45) is 0 Å². The number of amides is 1. The van der Waals surface area contributed by atoms with Crippen molar-refractivity contribution in [3.05, 3.63) is 42.7 Å². The maximum Gasteiger partial charge on any atom is 0.226 e. The van der Waals surface area contributed by atoms with E-state index in [0.717, 1.165) is 6.26 Å². The highest BCUT2D eigenvalue weighted by atomic mass is 32.2. The Morgan fingerprint density at radius 2 is 2.05 bits per heavy atom. The minimum Gasteiger partial charge on any atom is -0.325 e. The van der Waals surface area contributed by atoms with Crippen molar-refractivity contribution in [3.8, 4) is 0 Å². The van der Waals surface area contributed by atoms with Gasteiger partial charge in [0.15, 0.2) is 9.84 Å². The lowest BCUT2D eigenvalue weighted by Crippen LogP contribution is -2.16. The van der Waals surface area contributed by atoms with E-state index in [9.17, 15) is 13.2 Å². The fraction of sp³-hybridized carbons (Fsp3) is 0.231. The molecule has 0 atom stereocenters. The Labute approximate surface area is 117 Å². The highest BCUT2D eigenvalue weighted by Gasteiger charge is 2.14. The zero-order chi connectivity index (χ0) is 14.6. The number of benzene rings is 1. The second-order valence-electron chi connectivity index (χ2n) is 4.34. The van der Waals surface area contributed by atoms with Crippen LogP contribution >= 0.6 is 0 Å². The fourth-order valence-corrected chi connectivity index (χ4v) is 2.60. The topological polar surface area (TPSA) is 81.1 Å². The Morgan fingerprint density at radius 3 is 2.70 bits per heavy atom. The van der Waals surface area contributed by atoms with Gasteiger partial charge in [0, 0.05) is 31.6 Å². The number of nitrogens with one attached hydrogen (secondary N) is 1. The van der Waals surface area contributed by atoms with Gasteiger partial charge in [0.25, 0.3) is 0 Å². The minimum absolute atomic E-state index is 0.118. The third-order valence-electron chi connectivity index (χ3n) is 2.69. The highest BCUT2D eigenvalue weighted by Crippen LogP contribution is 2.20. The van der Waals surface area contributed by atoms with E-state index in [-0.39, 0.29) is 17.2 Å². The standard InChI is InChI=1S/C13H15N3O3S/c1-20(18,19)12-6-3-2-5-11(12)15-13(17)7-10-16-9-4-8-14-16/h2-6,8-9H,7,10H2,1H3,(H,15,17). The molecule has 106 valence electrons. The molecule has 0 unspecified atom stereocenters. The monoisotopic (exact) mass is 293 g/mol. The van der Waals surface area contributed by atoms with E-state index < -0.39 is 9.84 Å². The van der Waals surface area contributed by atoms with Gasteiger partial charge in [-0.15, -0.1) is 0 Å². The quantitative estimate of drug-likeness (QED) is 0.901. The Balaban J connectivity index is 2.05. The number of carbonyl (C=O) groups is 1. The van der Waals surface area contributed by atoms with Crippen LogP contribution in [0.4, 0.5) is 5.69 Å². The molecule has 1 heterocycles. The predicted octanol–water partition coefficient (Wildman–Crippen LogP) is 1.32. The molecular weight excluding hydrogens is 278 g/mol. The summed E-state index contributed by atoms with van der Waals surface area (Å²) in [5.41, 5.74) is 0.306. The Hall–Kier alpha value is -2.15. The molecule has 0 radical (unpaired) electrons. The smallest absolute Gasteiger partial charge is 0.226 e. The molecule has 1 aromatic carbocycles. The summed E-state index contributed by atoms with van der Waals surface area (Å²) in [6.45, 7) is 0.444. The molecule has 7 heteroatoms. The Bertz CT molecular complexity index is 693. The molecular formula is C13H15N3O3S. The van der Waals surface area contributed by atoms with Crippen LogP contribution in [0, 0.1) is 0 Å². The number of aryl methyl sites for hydroxylation is 1. The lowest BCUT2D eigenvalue weighted by molar-refractivity contribution is -0.116. The van der Waals surface area contributed by atoms with E-state index in [0.29, 0.717) is 12.2 Å². The number of carbonyl (C=O) groups excluding carboxylic acids is 1. The number of aromatic nitrogens is 2. The van der Waals surface area contributed by atoms with Gasteiger partial charge in [0.05, 0.1) is 10.6 Å². The van der Waals surface area contributed by atoms with Crippen molar-refractivity contribution in [3.63, 3.8) is 0 Å². The summed E-state index contributed by atoms with van der Waals surface area (Å²) in [4.78, 5) is 12.0. The lowest BCUT2D eigenvalue weighted by atomic mass is 10.3. The summed E-state index contributed by atoms with van der Waals surface area (Å²) >= 11 is 0. The van der Waals surface area contributed by atoms with Gasteiger partial charge in [0.1, 0.15) is 0 Å². The second kappa shape index (κ2) is 5.87. The number of sulfone groups is 1. The number of rotatable bonds is 5. The summed E-state index contributed by atoms with van der Waals surface area (Å²) in [6, 6.07) is 8.12. The first-order valence-electron chi connectivity index (χ1n) is 6.03. The van der Waals surface area contributed by atoms with Crippen LogP contribution in [0.2, 0.25) is 0 Å². The molecule has 0 spiro atoms. The van der Waals surface area contributed by atoms with E-state index >= 15 is 0 Å². The first-order chi connectivity index (χ1) is 9.47. The number of nitrogens with zero attached hydrogens (tertiary/aromatic N) is 2. The second-order valence-corrected chi connectivity index (χ2v) is 6.32. The van der Waals surface area contributed by atoms with E-state index in [1.165, 1.54) is 6.07 Å². The van der Waals surface area contributed by atoms with Crippen molar-refractivity contribution in [2.45, 2.75) is 17.9 Å². The van der Waals surface area contributed by atoms with Crippen LogP contribution in [0.1, 0.15) is 6.42 Å². The average Bonchev–Trinajstić information content (AvgIpc) is 2.89. The van der Waals surface area contributed by atoms with Crippen molar-refractivity contribution in [1.29, 1.82) is 0 Å². The molecule has 0 saturated carbocycles. The number of hydrogen-bond donors (Lipinski definition) is 1. The maximum atomic E-state index is 11.8. The van der Waals surface area contributed by atoms with E-state index in [1.807, 2.05) is 0 Å². The van der Waals surface area contributed by atoms with Crippen molar-refractivity contribution in [2.75, 3.05) is 11.6 Å². The van der Waals surface area contributed by atoms with Crippen LogP contribution in [-0.2, 0) is 21.2 Å². The van der Waals surface area contributed by atoms with E-state index in [4.69, 9.17) is 0 Å². The molecule has 0 fully saturated rings. The van der Waals surface area contributed by atoms with E-state index in [1.54, 1.807) is 41.3 Å². The van der Waals surface area contributed by atoms with Crippen LogP contribution < -0.4 is 5.32 Å². The molecule has 0 aliphatic heterocycles. The van der Waals surface area contributed by atoms with Crippen molar-refractivity contribution in [1.82, 2.24) is 9.78 Å². The van der Waals surface area contributed by atoms with Crippen molar-refractivity contribution < 1.29 is 13.2 Å². The molecule has 2 aromatic rings. The van der Waals surface area contributed by atoms with Crippen LogP contribution in [-0.4, -0.2) is 30.4 Å². The van der Waals surface area contributed by atoms with Crippen LogP contribution in [0.15, 0.2) is 47.6 Å². The van der Waals surface area contributed by atoms with Crippen LogP contribution in [0.3, 0.4) is 0 Å². The summed E-state index contributed by atoms with van der Waals surface area (Å²) in [7, 11) is -3.37. The van der Waals surface area contributed by atoms with Gasteiger partial charge in [-0.3, -0.25) is 9.48 Å². The molecule has 0 saturated heterocycles. The van der Waals surface area contributed by atoms with Gasteiger partial charge in [-0.05, 0) is 18.2 Å². The Kier molecular flexibility index (Phi) is 4.19. The first kappa shape index (κ1) is 14.3. The summed E-state index contributed by atoms with van der Waals surface area (Å²) in [5.74, 6) is -0.253. The van der Waals surface area contributed by atoms with Gasteiger partial charge in [0.2, 0.25) is 5.91 Å². The molecule has 1 amide bonds. The number of para-hydroxylation sites is 1. The fourth-order valence-electron chi connectivity index (χ4n) is 1.75. The first-order valence-corrected chi connectivity index (χ1v) is 7.92. The minimum atomic E-state index is -3.37. The number of anilines is 1. The summed E-state index contributed by atoms with van der Waals surface area (Å²) in [5, 5.41) is 6.61. The van der Waals surface area contributed by atoms with Gasteiger partial charge in [-0.1, -0.05) is 12.1 Å². The molecule has 0 aliphatic carbocycles. The van der Waals surface area contributed by atoms with Crippen LogP contribution in [0.25, 0.3) is 0 Å². The zero-order valence-electron chi connectivity index (χ0n) is 11.0. The van der Waals surface area contributed by atoms with Crippen molar-refractivity contribution >= 4 is 21.4 Å². The summed E-state index contributed by atoms with van der Waals surface area (Å²) < 4.78 is 24.9. The van der Waals surface area contributed by atoms with Gasteiger partial charge >= 0.3 is 0 Å². The lowest BCUT2D eigenvalue weighted by Gasteiger charge is -2.09. The maximum absolute atomic E-state index is 11.8. The molecule has 20 heavy (non-hydrogen) atoms. The molecule has 2 rings (SSSR count). The molecule has 1 N–H and O–H groups in total. The molecule has 6 nitrogen and oxygen atoms in total.